The molecule has 0 unspecified atom stereocenters. The lowest BCUT2D eigenvalue weighted by Crippen LogP contribution is -2.44. The third-order valence-electron chi connectivity index (χ3n) is 1.15. The van der Waals surface area contributed by atoms with Gasteiger partial charge >= 0.3 is 11.9 Å². The van der Waals surface area contributed by atoms with Crippen LogP contribution in [-0.2, 0) is 0 Å². The first-order valence-electron chi connectivity index (χ1n) is 3.38. The molecule has 0 atom stereocenters. The van der Waals surface area contributed by atoms with Crippen LogP contribution in [0.3, 0.4) is 0 Å². The number of nitrogens with one attached hydrogen (secondary N) is 2. The van der Waals surface area contributed by atoms with Crippen molar-refractivity contribution in [3.05, 3.63) is 17.5 Å². The van der Waals surface area contributed by atoms with Gasteiger partial charge in [0.1, 0.15) is 0 Å². The summed E-state index contributed by atoms with van der Waals surface area (Å²) < 4.78 is 4.60. The molecule has 1 rings (SSSR count). The molecule has 70 valence electrons. The maximum Gasteiger partial charge on any atom is 0.330 e. The van der Waals surface area contributed by atoms with Gasteiger partial charge in [-0.15, -0.1) is 0 Å². The van der Waals surface area contributed by atoms with E-state index in [-0.39, 0.29) is 5.76 Å². The number of aryl methyl sites for hydroxylation is 1. The quantitative estimate of drug-likeness (QED) is 0.501. The van der Waals surface area contributed by atoms with Crippen LogP contribution in [0.2, 0.25) is 0 Å². The van der Waals surface area contributed by atoms with E-state index in [1.165, 1.54) is 6.07 Å². The van der Waals surface area contributed by atoms with Gasteiger partial charge < -0.3 is 10.3 Å². The molecular weight excluding hydrogens is 176 g/mol. The van der Waals surface area contributed by atoms with Gasteiger partial charge in [-0.05, 0) is 6.92 Å². The molecule has 0 aliphatic heterocycles. The Bertz CT molecular complexity index is 332. The fourth-order valence-corrected chi connectivity index (χ4v) is 0.651. The van der Waals surface area contributed by atoms with E-state index in [1.807, 2.05) is 10.9 Å². The van der Waals surface area contributed by atoms with Crippen molar-refractivity contribution in [3.8, 4) is 0 Å². The van der Waals surface area contributed by atoms with Gasteiger partial charge in [0.15, 0.2) is 0 Å². The average Bonchev–Trinajstić information content (AvgIpc) is 2.47. The maximum atomic E-state index is 11.0. The Morgan fingerprint density at radius 1 is 1.54 bits per heavy atom. The number of nitrogens with two attached hydrogens (primary N) is 1. The van der Waals surface area contributed by atoms with Gasteiger partial charge in [-0.3, -0.25) is 10.2 Å². The third-order valence-corrected chi connectivity index (χ3v) is 1.15. The van der Waals surface area contributed by atoms with Gasteiger partial charge in [0.05, 0.1) is 5.69 Å². The number of urea groups is 1. The van der Waals surface area contributed by atoms with Gasteiger partial charge in [0.2, 0.25) is 5.76 Å². The number of rotatable bonds is 1. The highest BCUT2D eigenvalue weighted by Gasteiger charge is 2.10. The summed E-state index contributed by atoms with van der Waals surface area (Å²) in [4.78, 5) is 21.2. The Labute approximate surface area is 73.2 Å². The number of nitrogens with zero attached hydrogens (tertiary/aromatic N) is 1. The highest BCUT2D eigenvalue weighted by Crippen LogP contribution is 2.00. The summed E-state index contributed by atoms with van der Waals surface area (Å²) in [5, 5.41) is 3.49. The molecule has 0 aliphatic rings. The lowest BCUT2D eigenvalue weighted by Gasteiger charge is -1.99. The number of primary amides is 1. The largest absolute Gasteiger partial charge is 0.351 e. The number of hydrogen-bond acceptors (Lipinski definition) is 4. The molecule has 0 aliphatic carbocycles. The van der Waals surface area contributed by atoms with Crippen molar-refractivity contribution in [1.82, 2.24) is 16.0 Å². The minimum Gasteiger partial charge on any atom is -0.351 e. The first-order chi connectivity index (χ1) is 6.09. The van der Waals surface area contributed by atoms with E-state index in [0.29, 0.717) is 5.69 Å². The van der Waals surface area contributed by atoms with E-state index in [9.17, 15) is 9.59 Å². The average molecular weight is 184 g/mol. The van der Waals surface area contributed by atoms with Crippen LogP contribution in [0.1, 0.15) is 16.2 Å². The molecule has 0 fully saturated rings. The van der Waals surface area contributed by atoms with E-state index in [2.05, 4.69) is 9.68 Å². The predicted molar refractivity (Wildman–Crippen MR) is 41.4 cm³/mol. The Morgan fingerprint density at radius 2 is 2.23 bits per heavy atom. The summed E-state index contributed by atoms with van der Waals surface area (Å²) in [7, 11) is 0. The van der Waals surface area contributed by atoms with Crippen LogP contribution in [0.4, 0.5) is 4.79 Å². The second-order valence-corrected chi connectivity index (χ2v) is 2.28. The highest BCUT2D eigenvalue weighted by molar-refractivity contribution is 5.92. The van der Waals surface area contributed by atoms with E-state index >= 15 is 0 Å². The molecule has 4 N–H and O–H groups in total. The molecule has 1 heterocycles. The zero-order chi connectivity index (χ0) is 9.84. The summed E-state index contributed by atoms with van der Waals surface area (Å²) in [5.74, 6) is -0.606. The number of hydrazine groups is 1. The monoisotopic (exact) mass is 184 g/mol. The fourth-order valence-electron chi connectivity index (χ4n) is 0.651. The summed E-state index contributed by atoms with van der Waals surface area (Å²) in [6.45, 7) is 1.67. The van der Waals surface area contributed by atoms with Crippen molar-refractivity contribution in [2.45, 2.75) is 6.92 Å². The second kappa shape index (κ2) is 3.57. The molecule has 13 heavy (non-hydrogen) atoms. The summed E-state index contributed by atoms with van der Waals surface area (Å²) in [6, 6.07) is 0.572. The molecule has 3 amide bonds. The maximum absolute atomic E-state index is 11.0. The molecule has 1 aromatic heterocycles. The number of carbonyl (C=O) groups is 2. The van der Waals surface area contributed by atoms with Gasteiger partial charge in [0, 0.05) is 6.07 Å². The Kier molecular flexibility index (Phi) is 2.48. The molecule has 0 saturated carbocycles. The Morgan fingerprint density at radius 3 is 2.69 bits per heavy atom. The number of carbonyl (C=O) groups excluding carboxylic acids is 2. The standard InChI is InChI=1S/C6H8N4O3/c1-3-2-4(13-10-3)5(11)8-9-6(7)12/h2H,1H3,(H,8,11)(H3,7,9,12). The normalized spacial score (nSPS) is 9.31. The van der Waals surface area contributed by atoms with E-state index in [4.69, 9.17) is 5.73 Å². The lowest BCUT2D eigenvalue weighted by atomic mass is 10.4. The van der Waals surface area contributed by atoms with Crippen LogP contribution in [0, 0.1) is 6.92 Å². The molecule has 0 radical (unpaired) electrons. The first-order valence-corrected chi connectivity index (χ1v) is 3.38. The molecule has 0 bridgehead atoms. The van der Waals surface area contributed by atoms with Crippen molar-refractivity contribution in [1.29, 1.82) is 0 Å². The third kappa shape index (κ3) is 2.47. The van der Waals surface area contributed by atoms with Gasteiger partial charge in [-0.1, -0.05) is 5.16 Å². The molecule has 0 spiro atoms. The second-order valence-electron chi connectivity index (χ2n) is 2.28. The molecule has 7 heteroatoms. The van der Waals surface area contributed by atoms with Crippen LogP contribution in [0.25, 0.3) is 0 Å². The summed E-state index contributed by atoms with van der Waals surface area (Å²) in [6.07, 6.45) is 0. The number of hydrogen-bond donors (Lipinski definition) is 3. The van der Waals surface area contributed by atoms with E-state index in [0.717, 1.165) is 0 Å². The molecular formula is C6H8N4O3. The van der Waals surface area contributed by atoms with Crippen LogP contribution in [0.5, 0.6) is 0 Å². The fraction of sp³-hybridized carbons (Fsp3) is 0.167. The van der Waals surface area contributed by atoms with Crippen molar-refractivity contribution in [2.24, 2.45) is 5.73 Å². The van der Waals surface area contributed by atoms with Gasteiger partial charge in [-0.2, -0.15) is 0 Å². The summed E-state index contributed by atoms with van der Waals surface area (Å²) in [5.41, 5.74) is 9.21. The first kappa shape index (κ1) is 9.04. The molecule has 1 aromatic rings. The van der Waals surface area contributed by atoms with E-state index in [1.54, 1.807) is 6.92 Å². The van der Waals surface area contributed by atoms with Crippen LogP contribution < -0.4 is 16.6 Å². The van der Waals surface area contributed by atoms with Gasteiger partial charge in [-0.25, -0.2) is 10.2 Å². The zero-order valence-electron chi connectivity index (χ0n) is 6.83. The van der Waals surface area contributed by atoms with Crippen LogP contribution in [0.15, 0.2) is 10.6 Å². The minimum atomic E-state index is -0.857. The zero-order valence-corrected chi connectivity index (χ0v) is 6.83. The van der Waals surface area contributed by atoms with Gasteiger partial charge in [0.25, 0.3) is 0 Å². The number of amides is 3. The minimum absolute atomic E-state index is 0.00579. The van der Waals surface area contributed by atoms with Crippen molar-refractivity contribution < 1.29 is 14.1 Å². The van der Waals surface area contributed by atoms with Crippen molar-refractivity contribution >= 4 is 11.9 Å². The van der Waals surface area contributed by atoms with Crippen LogP contribution >= 0.6 is 0 Å². The van der Waals surface area contributed by atoms with Crippen molar-refractivity contribution in [3.63, 3.8) is 0 Å². The summed E-state index contributed by atoms with van der Waals surface area (Å²) >= 11 is 0. The Balaban J connectivity index is 2.54. The molecule has 7 nitrogen and oxygen atoms in total. The highest BCUT2D eigenvalue weighted by atomic mass is 16.5. The lowest BCUT2D eigenvalue weighted by molar-refractivity contribution is 0.0900. The van der Waals surface area contributed by atoms with E-state index < -0.39 is 11.9 Å². The Hall–Kier alpha value is -2.05. The number of aromatic nitrogens is 1. The predicted octanol–water partition coefficient (Wildman–Crippen LogP) is -0.704. The van der Waals surface area contributed by atoms with Crippen molar-refractivity contribution in [2.75, 3.05) is 0 Å². The smallest absolute Gasteiger partial charge is 0.330 e. The van der Waals surface area contributed by atoms with Crippen LogP contribution in [-0.4, -0.2) is 17.1 Å². The topological polar surface area (TPSA) is 110 Å². The molecule has 0 aromatic carbocycles. The SMILES string of the molecule is Cc1cc(C(=O)NNC(N)=O)on1. The molecule has 0 saturated heterocycles.